The van der Waals surface area contributed by atoms with Gasteiger partial charge in [0.25, 0.3) is 0 Å². The van der Waals surface area contributed by atoms with Gasteiger partial charge in [0.1, 0.15) is 42.5 Å². The lowest BCUT2D eigenvalue weighted by molar-refractivity contribution is -0.146. The largest absolute Gasteiger partial charge is 0.479 e. The third kappa shape index (κ3) is 7.63. The summed E-state index contributed by atoms with van der Waals surface area (Å²) in [6.45, 7) is 9.11. The highest BCUT2D eigenvalue weighted by Crippen LogP contribution is 2.46. The lowest BCUT2D eigenvalue weighted by Gasteiger charge is -2.35. The normalized spacial score (nSPS) is 24.9. The first-order valence-electron chi connectivity index (χ1n) is 16.0. The van der Waals surface area contributed by atoms with Crippen molar-refractivity contribution in [2.75, 3.05) is 6.54 Å². The number of alkyl carbamates (subject to hydrolysis) is 1. The van der Waals surface area contributed by atoms with Crippen LogP contribution in [0, 0.1) is 11.3 Å². The molecule has 2 aromatic rings. The van der Waals surface area contributed by atoms with Crippen molar-refractivity contribution in [3.05, 3.63) is 55.1 Å². The fraction of sp³-hybridized carbons (Fsp3) is 0.545. The summed E-state index contributed by atoms with van der Waals surface area (Å²) >= 11 is 0. The molecule has 0 unspecified atom stereocenters. The van der Waals surface area contributed by atoms with Gasteiger partial charge >= 0.3 is 12.1 Å². The Morgan fingerprint density at radius 3 is 2.60 bits per heavy atom. The summed E-state index contributed by atoms with van der Waals surface area (Å²) in [6, 6.07) is 5.27. The zero-order chi connectivity index (χ0) is 33.8. The number of carboxylic acids is 1. The van der Waals surface area contributed by atoms with Crippen LogP contribution in [0.2, 0.25) is 0 Å². The molecule has 252 valence electrons. The van der Waals surface area contributed by atoms with Crippen LogP contribution in [0.5, 0.6) is 0 Å². The molecule has 5 rings (SSSR count). The summed E-state index contributed by atoms with van der Waals surface area (Å²) < 4.78 is 7.17. The molecule has 14 heteroatoms. The summed E-state index contributed by atoms with van der Waals surface area (Å²) in [5.41, 5.74) is -0.766. The third-order valence-electron chi connectivity index (χ3n) is 9.09. The number of likely N-dealkylation sites (tertiary alicyclic amines) is 1. The van der Waals surface area contributed by atoms with Gasteiger partial charge in [-0.3, -0.25) is 9.59 Å². The monoisotopic (exact) mass is 649 g/mol. The number of allylic oxidation sites excluding steroid dienone is 1. The number of hydrogen-bond acceptors (Lipinski definition) is 9. The summed E-state index contributed by atoms with van der Waals surface area (Å²) in [5.74, 6) is -2.56. The number of ether oxygens (including phenoxy) is 1. The number of hydrogen-bond donors (Lipinski definition) is 3. The Balaban J connectivity index is 1.35. The van der Waals surface area contributed by atoms with Crippen LogP contribution in [-0.4, -0.2) is 91.2 Å². The number of rotatable bonds is 12. The van der Waals surface area contributed by atoms with Crippen molar-refractivity contribution < 1.29 is 33.9 Å². The number of amides is 3. The van der Waals surface area contributed by atoms with Gasteiger partial charge in [0.15, 0.2) is 0 Å². The Morgan fingerprint density at radius 1 is 1.19 bits per heavy atom. The highest BCUT2D eigenvalue weighted by molar-refractivity contribution is 5.96. The molecule has 14 nitrogen and oxygen atoms in total. The third-order valence-corrected chi connectivity index (χ3v) is 9.09. The van der Waals surface area contributed by atoms with E-state index in [4.69, 9.17) is 9.57 Å². The van der Waals surface area contributed by atoms with E-state index in [0.29, 0.717) is 12.0 Å². The molecule has 3 N–H and O–H groups in total. The van der Waals surface area contributed by atoms with E-state index in [2.05, 4.69) is 32.5 Å². The number of para-hydroxylation sites is 1. The van der Waals surface area contributed by atoms with Crippen molar-refractivity contribution in [1.29, 1.82) is 0 Å². The van der Waals surface area contributed by atoms with E-state index < -0.39 is 53.0 Å². The van der Waals surface area contributed by atoms with Gasteiger partial charge in [-0.2, -0.15) is 5.10 Å². The number of carbonyl (C=O) groups excluding carboxylic acids is 3. The first-order chi connectivity index (χ1) is 22.4. The van der Waals surface area contributed by atoms with Crippen molar-refractivity contribution in [2.45, 2.75) is 95.5 Å². The zero-order valence-electron chi connectivity index (χ0n) is 27.0. The van der Waals surface area contributed by atoms with Gasteiger partial charge < -0.3 is 30.2 Å². The molecule has 1 aromatic heterocycles. The minimum atomic E-state index is -1.44. The van der Waals surface area contributed by atoms with E-state index >= 15 is 0 Å². The van der Waals surface area contributed by atoms with E-state index in [9.17, 15) is 24.3 Å². The standard InChI is InChI=1S/C33H43N7O7/c1-5-10-22-16-33(22,30(43)44)38-28(41)26-15-24(47-36-17-21-11-6-9-14-25(21)40-20-34-19-35-40)18-39(26)29(42)27(32(2,3)4)37-31(45)46-23-12-7-8-13-23/h5-6,9,11,14,17,19-20,22-24,26-27H,1,7-8,10,12-13,15-16,18H2,2-4H3,(H,37,45)(H,38,41)(H,43,44)/b36-17+/t22-,24-,26+,27-,33-/m1/s1. The Kier molecular flexibility index (Phi) is 9.96. The van der Waals surface area contributed by atoms with Crippen LogP contribution >= 0.6 is 0 Å². The molecule has 3 fully saturated rings. The predicted octanol–water partition coefficient (Wildman–Crippen LogP) is 3.21. The second kappa shape index (κ2) is 13.9. The lowest BCUT2D eigenvalue weighted by atomic mass is 9.85. The van der Waals surface area contributed by atoms with Crippen LogP contribution in [-0.2, 0) is 24.0 Å². The Hall–Kier alpha value is -4.75. The highest BCUT2D eigenvalue weighted by atomic mass is 16.6. The van der Waals surface area contributed by atoms with Gasteiger partial charge in [-0.05, 0) is 55.9 Å². The number of aromatic nitrogens is 3. The van der Waals surface area contributed by atoms with Gasteiger partial charge in [0.05, 0.1) is 18.4 Å². The van der Waals surface area contributed by atoms with Crippen molar-refractivity contribution >= 4 is 30.1 Å². The van der Waals surface area contributed by atoms with Crippen LogP contribution in [0.3, 0.4) is 0 Å². The molecule has 1 aromatic carbocycles. The van der Waals surface area contributed by atoms with Crippen LogP contribution in [0.4, 0.5) is 4.79 Å². The second-order valence-electron chi connectivity index (χ2n) is 13.5. The van der Waals surface area contributed by atoms with Crippen LogP contribution in [0.1, 0.15) is 71.3 Å². The lowest BCUT2D eigenvalue weighted by Crippen LogP contribution is -2.59. The molecular weight excluding hydrogens is 606 g/mol. The number of benzene rings is 1. The van der Waals surface area contributed by atoms with E-state index in [1.54, 1.807) is 17.1 Å². The summed E-state index contributed by atoms with van der Waals surface area (Å²) in [5, 5.41) is 23.8. The molecule has 3 aliphatic rings. The first-order valence-corrected chi connectivity index (χ1v) is 16.0. The van der Waals surface area contributed by atoms with Crippen molar-refractivity contribution in [3.63, 3.8) is 0 Å². The molecule has 1 saturated heterocycles. The maximum atomic E-state index is 14.2. The number of carboxylic acid groups (broad SMARTS) is 1. The molecule has 2 aliphatic carbocycles. The maximum absolute atomic E-state index is 14.2. The molecule has 0 spiro atoms. The van der Waals surface area contributed by atoms with E-state index in [1.165, 1.54) is 17.4 Å². The van der Waals surface area contributed by atoms with Crippen LogP contribution in [0.15, 0.2) is 54.7 Å². The van der Waals surface area contributed by atoms with E-state index in [-0.39, 0.29) is 31.4 Å². The van der Waals surface area contributed by atoms with Crippen molar-refractivity contribution in [1.82, 2.24) is 30.3 Å². The quantitative estimate of drug-likeness (QED) is 0.177. The molecule has 2 heterocycles. The predicted molar refractivity (Wildman–Crippen MR) is 170 cm³/mol. The van der Waals surface area contributed by atoms with Crippen LogP contribution in [0.25, 0.3) is 5.69 Å². The Bertz CT molecular complexity index is 1500. The Labute approximate surface area is 273 Å². The molecule has 0 bridgehead atoms. The number of carbonyl (C=O) groups is 4. The fourth-order valence-corrected chi connectivity index (χ4v) is 6.39. The van der Waals surface area contributed by atoms with Gasteiger partial charge in [0, 0.05) is 12.0 Å². The number of nitrogens with one attached hydrogen (secondary N) is 2. The van der Waals surface area contributed by atoms with Crippen molar-refractivity contribution in [2.24, 2.45) is 16.5 Å². The fourth-order valence-electron chi connectivity index (χ4n) is 6.39. The van der Waals surface area contributed by atoms with Crippen molar-refractivity contribution in [3.8, 4) is 5.69 Å². The molecule has 0 radical (unpaired) electrons. The summed E-state index contributed by atoms with van der Waals surface area (Å²) in [6.07, 6.45) is 8.78. The number of aliphatic carboxylic acids is 1. The van der Waals surface area contributed by atoms with Gasteiger partial charge in [-0.15, -0.1) is 6.58 Å². The number of oxime groups is 1. The topological polar surface area (TPSA) is 177 Å². The highest BCUT2D eigenvalue weighted by Gasteiger charge is 2.62. The zero-order valence-corrected chi connectivity index (χ0v) is 27.0. The SMILES string of the molecule is C=CC[C@@H]1C[C@]1(NC(=O)[C@@H]1C[C@@H](O/N=C/c2ccccc2-n2cncn2)CN1C(=O)[C@@H](NC(=O)OC1CCCC1)C(C)(C)C)C(=O)O. The van der Waals surface area contributed by atoms with E-state index in [0.717, 1.165) is 31.4 Å². The molecule has 5 atom stereocenters. The molecular formula is C33H43N7O7. The average Bonchev–Trinajstić information content (AvgIpc) is 3.53. The smallest absolute Gasteiger partial charge is 0.408 e. The minimum absolute atomic E-state index is 0.0128. The van der Waals surface area contributed by atoms with Gasteiger partial charge in [-0.25, -0.2) is 19.3 Å². The summed E-state index contributed by atoms with van der Waals surface area (Å²) in [7, 11) is 0. The Morgan fingerprint density at radius 2 is 1.94 bits per heavy atom. The minimum Gasteiger partial charge on any atom is -0.479 e. The van der Waals surface area contributed by atoms with Gasteiger partial charge in [0.2, 0.25) is 11.8 Å². The molecule has 1 aliphatic heterocycles. The van der Waals surface area contributed by atoms with Gasteiger partial charge in [-0.1, -0.05) is 50.2 Å². The maximum Gasteiger partial charge on any atom is 0.408 e. The average molecular weight is 650 g/mol. The number of nitrogens with zero attached hydrogens (tertiary/aromatic N) is 5. The molecule has 2 saturated carbocycles. The second-order valence-corrected chi connectivity index (χ2v) is 13.5. The van der Waals surface area contributed by atoms with Crippen LogP contribution < -0.4 is 10.6 Å². The molecule has 47 heavy (non-hydrogen) atoms. The first kappa shape index (κ1) is 33.6. The summed E-state index contributed by atoms with van der Waals surface area (Å²) in [4.78, 5) is 64.3. The molecule has 3 amide bonds. The van der Waals surface area contributed by atoms with E-state index in [1.807, 2.05) is 45.0 Å².